The Bertz CT molecular complexity index is 341. The molecule has 0 aromatic rings. The minimum absolute atomic E-state index is 0.217. The molecule has 1 fully saturated rings. The van der Waals surface area contributed by atoms with Crippen molar-refractivity contribution >= 4 is 6.09 Å². The summed E-state index contributed by atoms with van der Waals surface area (Å²) in [6.07, 6.45) is 1.72. The normalized spacial score (nSPS) is 24.2. The number of nitrogens with one attached hydrogen (secondary N) is 1. The zero-order valence-electron chi connectivity index (χ0n) is 14.9. The van der Waals surface area contributed by atoms with Gasteiger partial charge in [-0.05, 0) is 64.5 Å². The van der Waals surface area contributed by atoms with Crippen LogP contribution < -0.4 is 5.32 Å². The van der Waals surface area contributed by atoms with Crippen LogP contribution in [-0.2, 0) is 4.74 Å². The molecule has 0 aliphatic carbocycles. The summed E-state index contributed by atoms with van der Waals surface area (Å²) in [4.78, 5) is 14.0. The van der Waals surface area contributed by atoms with Crippen molar-refractivity contribution in [2.75, 3.05) is 32.8 Å². The molecule has 3 atom stereocenters. The number of amides is 1. The fraction of sp³-hybridized carbons (Fsp3) is 0.941. The van der Waals surface area contributed by atoms with E-state index >= 15 is 0 Å². The van der Waals surface area contributed by atoms with Crippen LogP contribution in [0.4, 0.5) is 4.79 Å². The van der Waals surface area contributed by atoms with Crippen molar-refractivity contribution in [2.45, 2.75) is 53.1 Å². The smallest absolute Gasteiger partial charge is 0.410 e. The topological polar surface area (TPSA) is 61.8 Å². The minimum Gasteiger partial charge on any atom is -0.444 e. The highest BCUT2D eigenvalue weighted by Crippen LogP contribution is 2.32. The lowest BCUT2D eigenvalue weighted by Gasteiger charge is -2.40. The molecule has 1 heterocycles. The Morgan fingerprint density at radius 3 is 2.64 bits per heavy atom. The fourth-order valence-corrected chi connectivity index (χ4v) is 3.26. The quantitative estimate of drug-likeness (QED) is 0.740. The van der Waals surface area contributed by atoms with Crippen LogP contribution in [0.15, 0.2) is 0 Å². The first kappa shape index (κ1) is 19.2. The van der Waals surface area contributed by atoms with Crippen LogP contribution in [0, 0.1) is 17.8 Å². The number of hydrogen-bond donors (Lipinski definition) is 2. The zero-order valence-corrected chi connectivity index (χ0v) is 14.9. The number of carbonyl (C=O) groups excluding carboxylic acids is 1. The van der Waals surface area contributed by atoms with Gasteiger partial charge in [-0.1, -0.05) is 13.8 Å². The first-order valence-electron chi connectivity index (χ1n) is 8.58. The summed E-state index contributed by atoms with van der Waals surface area (Å²) < 4.78 is 5.45. The van der Waals surface area contributed by atoms with Gasteiger partial charge in [0.1, 0.15) is 5.60 Å². The monoisotopic (exact) mass is 314 g/mol. The lowest BCUT2D eigenvalue weighted by molar-refractivity contribution is 0.00273. The van der Waals surface area contributed by atoms with Gasteiger partial charge in [0.15, 0.2) is 0 Å². The molecule has 0 saturated carbocycles. The lowest BCUT2D eigenvalue weighted by Crippen LogP contribution is -2.47. The highest BCUT2D eigenvalue weighted by molar-refractivity contribution is 5.68. The van der Waals surface area contributed by atoms with Crippen molar-refractivity contribution in [3.63, 3.8) is 0 Å². The average molecular weight is 314 g/mol. The van der Waals surface area contributed by atoms with E-state index in [1.807, 2.05) is 25.7 Å². The second-order valence-electron chi connectivity index (χ2n) is 7.44. The van der Waals surface area contributed by atoms with Crippen molar-refractivity contribution in [1.29, 1.82) is 0 Å². The molecule has 1 saturated heterocycles. The van der Waals surface area contributed by atoms with Crippen LogP contribution in [-0.4, -0.2) is 54.5 Å². The summed E-state index contributed by atoms with van der Waals surface area (Å²) in [5.74, 6) is 1.18. The summed E-state index contributed by atoms with van der Waals surface area (Å²) in [6.45, 7) is 13.5. The van der Waals surface area contributed by atoms with Gasteiger partial charge in [0, 0.05) is 19.7 Å². The summed E-state index contributed by atoms with van der Waals surface area (Å²) in [6, 6.07) is 0. The lowest BCUT2D eigenvalue weighted by atomic mass is 9.76. The van der Waals surface area contributed by atoms with Crippen molar-refractivity contribution in [3.8, 4) is 0 Å². The van der Waals surface area contributed by atoms with Gasteiger partial charge >= 0.3 is 6.09 Å². The maximum atomic E-state index is 12.2. The molecule has 0 radical (unpaired) electrons. The molecule has 1 amide bonds. The third-order valence-electron chi connectivity index (χ3n) is 4.41. The van der Waals surface area contributed by atoms with E-state index in [1.165, 1.54) is 0 Å². The number of hydrogen-bond acceptors (Lipinski definition) is 4. The van der Waals surface area contributed by atoms with Gasteiger partial charge in [0.25, 0.3) is 0 Å². The van der Waals surface area contributed by atoms with E-state index in [9.17, 15) is 9.90 Å². The van der Waals surface area contributed by atoms with Crippen LogP contribution in [0.2, 0.25) is 0 Å². The van der Waals surface area contributed by atoms with Crippen LogP contribution in [0.3, 0.4) is 0 Å². The zero-order chi connectivity index (χ0) is 16.8. The Hall–Kier alpha value is -0.810. The number of rotatable bonds is 6. The number of aliphatic hydroxyl groups excluding tert-OH is 1. The van der Waals surface area contributed by atoms with Gasteiger partial charge < -0.3 is 20.1 Å². The molecule has 1 rings (SSSR count). The van der Waals surface area contributed by atoms with Gasteiger partial charge in [-0.3, -0.25) is 0 Å². The Labute approximate surface area is 135 Å². The Kier molecular flexibility index (Phi) is 7.63. The first-order valence-corrected chi connectivity index (χ1v) is 8.58. The number of likely N-dealkylation sites (tertiary alicyclic amines) is 1. The van der Waals surface area contributed by atoms with E-state index in [0.29, 0.717) is 17.8 Å². The van der Waals surface area contributed by atoms with Crippen molar-refractivity contribution < 1.29 is 14.6 Å². The molecule has 3 unspecified atom stereocenters. The highest BCUT2D eigenvalue weighted by Gasteiger charge is 2.34. The molecule has 1 aliphatic rings. The van der Waals surface area contributed by atoms with Crippen LogP contribution in [0.1, 0.15) is 47.5 Å². The molecular formula is C17H34N2O3. The van der Waals surface area contributed by atoms with Gasteiger partial charge in [-0.25, -0.2) is 4.79 Å². The maximum absolute atomic E-state index is 12.2. The molecule has 22 heavy (non-hydrogen) atoms. The number of carbonyl (C=O) groups is 1. The second kappa shape index (κ2) is 8.73. The van der Waals surface area contributed by atoms with Gasteiger partial charge in [0.2, 0.25) is 0 Å². The second-order valence-corrected chi connectivity index (χ2v) is 7.44. The minimum atomic E-state index is -0.448. The number of nitrogens with zero attached hydrogens (tertiary/aromatic N) is 1. The third kappa shape index (κ3) is 6.13. The molecule has 2 N–H and O–H groups in total. The van der Waals surface area contributed by atoms with E-state index in [1.54, 1.807) is 0 Å². The van der Waals surface area contributed by atoms with E-state index in [2.05, 4.69) is 19.2 Å². The molecular weight excluding hydrogens is 280 g/mol. The number of piperidine rings is 1. The van der Waals surface area contributed by atoms with E-state index < -0.39 is 5.60 Å². The molecule has 5 heteroatoms. The Balaban J connectivity index is 2.52. The predicted molar refractivity (Wildman–Crippen MR) is 88.8 cm³/mol. The van der Waals surface area contributed by atoms with E-state index in [0.717, 1.165) is 39.0 Å². The van der Waals surface area contributed by atoms with E-state index in [4.69, 9.17) is 4.74 Å². The van der Waals surface area contributed by atoms with Crippen LogP contribution in [0.5, 0.6) is 0 Å². The van der Waals surface area contributed by atoms with Crippen molar-refractivity contribution in [3.05, 3.63) is 0 Å². The third-order valence-corrected chi connectivity index (χ3v) is 4.41. The summed E-state index contributed by atoms with van der Waals surface area (Å²) in [5.41, 5.74) is -0.448. The number of ether oxygens (including phenoxy) is 1. The maximum Gasteiger partial charge on any atom is 0.410 e. The fourth-order valence-electron chi connectivity index (χ4n) is 3.26. The first-order chi connectivity index (χ1) is 10.3. The largest absolute Gasteiger partial charge is 0.444 e. The van der Waals surface area contributed by atoms with Crippen molar-refractivity contribution in [1.82, 2.24) is 10.2 Å². The summed E-state index contributed by atoms with van der Waals surface area (Å²) in [7, 11) is 0. The van der Waals surface area contributed by atoms with Crippen LogP contribution in [0.25, 0.3) is 0 Å². The molecule has 0 aromatic carbocycles. The van der Waals surface area contributed by atoms with Crippen molar-refractivity contribution in [2.24, 2.45) is 17.8 Å². The highest BCUT2D eigenvalue weighted by atomic mass is 16.6. The molecule has 1 aliphatic heterocycles. The van der Waals surface area contributed by atoms with Gasteiger partial charge in [0.05, 0.1) is 0 Å². The molecule has 0 aromatic heterocycles. The summed E-state index contributed by atoms with van der Waals surface area (Å²) in [5, 5.41) is 13.0. The molecule has 0 spiro atoms. The van der Waals surface area contributed by atoms with Gasteiger partial charge in [-0.2, -0.15) is 0 Å². The predicted octanol–water partition coefficient (Wildman–Crippen LogP) is 2.49. The SMILES string of the molecule is CCNCCC(CO)C1CCN(C(=O)OC(C)(C)C)CC1C. The molecule has 130 valence electrons. The van der Waals surface area contributed by atoms with Crippen LogP contribution >= 0.6 is 0 Å². The molecule has 0 bridgehead atoms. The standard InChI is InChI=1S/C17H34N2O3/c1-6-18-9-7-14(12-20)15-8-10-19(11-13(15)2)16(21)22-17(3,4)5/h13-15,18,20H,6-12H2,1-5H3. The Morgan fingerprint density at radius 1 is 1.45 bits per heavy atom. The van der Waals surface area contributed by atoms with Gasteiger partial charge in [-0.15, -0.1) is 0 Å². The average Bonchev–Trinajstić information content (AvgIpc) is 2.42. The summed E-state index contributed by atoms with van der Waals surface area (Å²) >= 11 is 0. The Morgan fingerprint density at radius 2 is 2.14 bits per heavy atom. The number of aliphatic hydroxyl groups is 1. The van der Waals surface area contributed by atoms with E-state index in [-0.39, 0.29) is 12.7 Å². The molecule has 5 nitrogen and oxygen atoms in total.